The number of aryl methyl sites for hydroxylation is 1. The highest BCUT2D eigenvalue weighted by Crippen LogP contribution is 2.21. The summed E-state index contributed by atoms with van der Waals surface area (Å²) in [7, 11) is 0. The van der Waals surface area contributed by atoms with E-state index in [1.807, 2.05) is 54.3 Å². The van der Waals surface area contributed by atoms with E-state index in [-0.39, 0.29) is 23.9 Å². The zero-order chi connectivity index (χ0) is 21.1. The normalized spacial score (nSPS) is 14.0. The number of amides is 2. The van der Waals surface area contributed by atoms with E-state index in [0.29, 0.717) is 22.2 Å². The van der Waals surface area contributed by atoms with Crippen molar-refractivity contribution in [3.8, 4) is 0 Å². The van der Waals surface area contributed by atoms with Crippen LogP contribution in [0.25, 0.3) is 10.9 Å². The standard InChI is InChI=1S/C24H25N3O3/c1-17-8-7-9-18(14-17)25-22(28)16-27-21-11-4-3-10-19(21)20(15-23(27)29)24(30)26-12-5-2-6-13-26/h3-4,7-11,14-15H,2,5-6,12-13,16H2,1H3,(H,25,28). The largest absolute Gasteiger partial charge is 0.339 e. The lowest BCUT2D eigenvalue weighted by molar-refractivity contribution is -0.116. The van der Waals surface area contributed by atoms with Crippen molar-refractivity contribution in [2.75, 3.05) is 18.4 Å². The van der Waals surface area contributed by atoms with Crippen LogP contribution >= 0.6 is 0 Å². The first-order valence-electron chi connectivity index (χ1n) is 10.3. The topological polar surface area (TPSA) is 71.4 Å². The molecule has 1 aliphatic heterocycles. The van der Waals surface area contributed by atoms with Gasteiger partial charge in [-0.1, -0.05) is 30.3 Å². The van der Waals surface area contributed by atoms with Crippen LogP contribution in [0.15, 0.2) is 59.4 Å². The van der Waals surface area contributed by atoms with Crippen molar-refractivity contribution in [3.05, 3.63) is 76.1 Å². The Morgan fingerprint density at radius 3 is 2.50 bits per heavy atom. The Hall–Kier alpha value is -3.41. The Morgan fingerprint density at radius 1 is 0.967 bits per heavy atom. The highest BCUT2D eigenvalue weighted by Gasteiger charge is 2.22. The molecule has 0 aliphatic carbocycles. The molecule has 1 fully saturated rings. The molecule has 3 aromatic rings. The first kappa shape index (κ1) is 19.9. The zero-order valence-corrected chi connectivity index (χ0v) is 17.1. The van der Waals surface area contributed by atoms with Crippen LogP contribution in [0.3, 0.4) is 0 Å². The van der Waals surface area contributed by atoms with Crippen molar-refractivity contribution < 1.29 is 9.59 Å². The summed E-state index contributed by atoms with van der Waals surface area (Å²) in [6.45, 7) is 3.27. The van der Waals surface area contributed by atoms with Crippen LogP contribution in [0.2, 0.25) is 0 Å². The van der Waals surface area contributed by atoms with Crippen molar-refractivity contribution in [1.82, 2.24) is 9.47 Å². The molecule has 0 atom stereocenters. The number of carbonyl (C=O) groups is 2. The quantitative estimate of drug-likeness (QED) is 0.724. The fourth-order valence-corrected chi connectivity index (χ4v) is 4.01. The van der Waals surface area contributed by atoms with Crippen molar-refractivity contribution >= 4 is 28.4 Å². The lowest BCUT2D eigenvalue weighted by Crippen LogP contribution is -2.37. The Bertz CT molecular complexity index is 1160. The van der Waals surface area contributed by atoms with Crippen LogP contribution in [-0.4, -0.2) is 34.4 Å². The number of nitrogens with one attached hydrogen (secondary N) is 1. The number of aromatic nitrogens is 1. The minimum absolute atomic E-state index is 0.112. The van der Waals surface area contributed by atoms with Gasteiger partial charge in [0.1, 0.15) is 6.54 Å². The Kier molecular flexibility index (Phi) is 5.65. The zero-order valence-electron chi connectivity index (χ0n) is 17.1. The molecule has 1 aromatic heterocycles. The highest BCUT2D eigenvalue weighted by atomic mass is 16.2. The maximum atomic E-state index is 13.1. The molecule has 0 saturated carbocycles. The summed E-state index contributed by atoms with van der Waals surface area (Å²) < 4.78 is 1.42. The molecule has 1 saturated heterocycles. The summed E-state index contributed by atoms with van der Waals surface area (Å²) in [4.78, 5) is 40.4. The van der Waals surface area contributed by atoms with Gasteiger partial charge in [-0.15, -0.1) is 0 Å². The van der Waals surface area contributed by atoms with E-state index in [1.54, 1.807) is 6.07 Å². The number of nitrogens with zero attached hydrogens (tertiary/aromatic N) is 2. The second-order valence-electron chi connectivity index (χ2n) is 7.77. The van der Waals surface area contributed by atoms with Gasteiger partial charge in [0.15, 0.2) is 0 Å². The second kappa shape index (κ2) is 8.53. The maximum absolute atomic E-state index is 13.1. The lowest BCUT2D eigenvalue weighted by atomic mass is 10.0. The van der Waals surface area contributed by atoms with Crippen LogP contribution in [0.5, 0.6) is 0 Å². The predicted octanol–water partition coefficient (Wildman–Crippen LogP) is 3.57. The number of para-hydroxylation sites is 1. The van der Waals surface area contributed by atoms with Gasteiger partial charge in [-0.3, -0.25) is 19.0 Å². The van der Waals surface area contributed by atoms with Crippen molar-refractivity contribution in [2.24, 2.45) is 0 Å². The van der Waals surface area contributed by atoms with Crippen LogP contribution in [0.4, 0.5) is 5.69 Å². The number of rotatable bonds is 4. The monoisotopic (exact) mass is 403 g/mol. The summed E-state index contributed by atoms with van der Waals surface area (Å²) in [5, 5.41) is 3.53. The highest BCUT2D eigenvalue weighted by molar-refractivity contribution is 6.06. The number of pyridine rings is 1. The third-order valence-corrected chi connectivity index (χ3v) is 5.50. The molecule has 0 spiro atoms. The summed E-state index contributed by atoms with van der Waals surface area (Å²) in [5.41, 5.74) is 2.37. The number of carbonyl (C=O) groups excluding carboxylic acids is 2. The molecule has 6 heteroatoms. The van der Waals surface area contributed by atoms with E-state index in [9.17, 15) is 14.4 Å². The molecule has 1 aliphatic rings. The third-order valence-electron chi connectivity index (χ3n) is 5.50. The van der Waals surface area contributed by atoms with Gasteiger partial charge in [0.05, 0.1) is 11.1 Å². The van der Waals surface area contributed by atoms with Crippen LogP contribution < -0.4 is 10.9 Å². The van der Waals surface area contributed by atoms with Gasteiger partial charge in [-0.05, 0) is 49.9 Å². The molecule has 0 unspecified atom stereocenters. The van der Waals surface area contributed by atoms with E-state index < -0.39 is 0 Å². The predicted molar refractivity (Wildman–Crippen MR) is 118 cm³/mol. The molecular formula is C24H25N3O3. The van der Waals surface area contributed by atoms with E-state index in [1.165, 1.54) is 10.6 Å². The lowest BCUT2D eigenvalue weighted by Gasteiger charge is -2.27. The van der Waals surface area contributed by atoms with Crippen molar-refractivity contribution in [1.29, 1.82) is 0 Å². The van der Waals surface area contributed by atoms with Crippen LogP contribution in [-0.2, 0) is 11.3 Å². The number of hydrogen-bond acceptors (Lipinski definition) is 3. The number of likely N-dealkylation sites (tertiary alicyclic amines) is 1. The molecule has 30 heavy (non-hydrogen) atoms. The molecular weight excluding hydrogens is 378 g/mol. The number of hydrogen-bond donors (Lipinski definition) is 1. The van der Waals surface area contributed by atoms with Crippen LogP contribution in [0, 0.1) is 6.92 Å². The Labute approximate surface area is 175 Å². The number of anilines is 1. The number of piperidine rings is 1. The minimum Gasteiger partial charge on any atom is -0.339 e. The first-order chi connectivity index (χ1) is 14.5. The molecule has 2 heterocycles. The van der Waals surface area contributed by atoms with Gasteiger partial charge in [0.25, 0.3) is 11.5 Å². The first-order valence-corrected chi connectivity index (χ1v) is 10.3. The summed E-state index contributed by atoms with van der Waals surface area (Å²) in [6, 6.07) is 16.2. The van der Waals surface area contributed by atoms with Crippen LogP contribution in [0.1, 0.15) is 35.2 Å². The number of fused-ring (bicyclic) bond motifs is 1. The van der Waals surface area contributed by atoms with Crippen molar-refractivity contribution in [3.63, 3.8) is 0 Å². The maximum Gasteiger partial charge on any atom is 0.254 e. The van der Waals surface area contributed by atoms with Gasteiger partial charge < -0.3 is 10.2 Å². The molecule has 4 rings (SSSR count). The smallest absolute Gasteiger partial charge is 0.254 e. The Balaban J connectivity index is 1.66. The van der Waals surface area contributed by atoms with Gasteiger partial charge >= 0.3 is 0 Å². The summed E-state index contributed by atoms with van der Waals surface area (Å²) >= 11 is 0. The minimum atomic E-state index is -0.353. The second-order valence-corrected chi connectivity index (χ2v) is 7.77. The summed E-state index contributed by atoms with van der Waals surface area (Å²) in [5.74, 6) is -0.401. The van der Waals surface area contributed by atoms with E-state index >= 15 is 0 Å². The van der Waals surface area contributed by atoms with E-state index in [4.69, 9.17) is 0 Å². The van der Waals surface area contributed by atoms with Crippen molar-refractivity contribution in [2.45, 2.75) is 32.7 Å². The fourth-order valence-electron chi connectivity index (χ4n) is 4.01. The number of benzene rings is 2. The fraction of sp³-hybridized carbons (Fsp3) is 0.292. The summed E-state index contributed by atoms with van der Waals surface area (Å²) in [6.07, 6.45) is 3.10. The molecule has 1 N–H and O–H groups in total. The Morgan fingerprint density at radius 2 is 1.73 bits per heavy atom. The van der Waals surface area contributed by atoms with Gasteiger partial charge in [-0.2, -0.15) is 0 Å². The SMILES string of the molecule is Cc1cccc(NC(=O)Cn2c(=O)cc(C(=O)N3CCCCC3)c3ccccc32)c1. The molecule has 2 amide bonds. The average molecular weight is 403 g/mol. The average Bonchev–Trinajstić information content (AvgIpc) is 2.75. The van der Waals surface area contributed by atoms with Gasteiger partial charge in [0.2, 0.25) is 5.91 Å². The third kappa shape index (κ3) is 4.13. The van der Waals surface area contributed by atoms with Gasteiger partial charge in [-0.25, -0.2) is 0 Å². The molecule has 0 radical (unpaired) electrons. The van der Waals surface area contributed by atoms with E-state index in [0.717, 1.165) is 37.9 Å². The van der Waals surface area contributed by atoms with E-state index in [2.05, 4.69) is 5.32 Å². The van der Waals surface area contributed by atoms with Gasteiger partial charge in [0, 0.05) is 30.2 Å². The molecule has 0 bridgehead atoms. The molecule has 2 aromatic carbocycles. The molecule has 154 valence electrons. The molecule has 6 nitrogen and oxygen atoms in total.